The first-order valence-corrected chi connectivity index (χ1v) is 3.68. The van der Waals surface area contributed by atoms with E-state index in [9.17, 15) is 0 Å². The van der Waals surface area contributed by atoms with Crippen LogP contribution in [-0.2, 0) is 0 Å². The van der Waals surface area contributed by atoms with Gasteiger partial charge in [-0.25, -0.2) is 4.99 Å². The minimum absolute atomic E-state index is 0.465. The standard InChI is InChI=1S/C7H9N5/c1-7(8-2)5-6(10-3-9-5)11-4-12-7/h3-4,8H,1-2H3/q+1. The van der Waals surface area contributed by atoms with Crippen molar-refractivity contribution in [1.29, 1.82) is 0 Å². The van der Waals surface area contributed by atoms with Gasteiger partial charge in [-0.05, 0) is 14.0 Å². The van der Waals surface area contributed by atoms with Crippen LogP contribution >= 0.6 is 0 Å². The van der Waals surface area contributed by atoms with E-state index in [0.29, 0.717) is 5.84 Å². The van der Waals surface area contributed by atoms with Gasteiger partial charge in [0.25, 0.3) is 6.34 Å². The molecular formula is C7H9N5+. The van der Waals surface area contributed by atoms with Crippen molar-refractivity contribution in [2.24, 2.45) is 15.0 Å². The molecule has 0 aliphatic carbocycles. The van der Waals surface area contributed by atoms with Crippen LogP contribution in [0.4, 0.5) is 0 Å². The molecule has 0 aromatic carbocycles. The van der Waals surface area contributed by atoms with Crippen molar-refractivity contribution in [2.45, 2.75) is 12.6 Å². The Morgan fingerprint density at radius 3 is 3.08 bits per heavy atom. The van der Waals surface area contributed by atoms with Crippen molar-refractivity contribution in [3.63, 3.8) is 0 Å². The maximum atomic E-state index is 4.19. The van der Waals surface area contributed by atoms with E-state index in [2.05, 4.69) is 25.3 Å². The molecule has 5 heteroatoms. The van der Waals surface area contributed by atoms with Gasteiger partial charge in [0, 0.05) is 0 Å². The van der Waals surface area contributed by atoms with Gasteiger partial charge in [0.05, 0.1) is 0 Å². The molecule has 0 aromatic rings. The molecule has 0 aromatic heterocycles. The average Bonchev–Trinajstić information content (AvgIpc) is 2.54. The minimum Gasteiger partial charge on any atom is -0.290 e. The Kier molecular flexibility index (Phi) is 1.41. The molecule has 5 nitrogen and oxygen atoms in total. The summed E-state index contributed by atoms with van der Waals surface area (Å²) in [5, 5.41) is 3.06. The van der Waals surface area contributed by atoms with Gasteiger partial charge in [-0.3, -0.25) is 5.32 Å². The second-order valence-corrected chi connectivity index (χ2v) is 2.74. The molecule has 1 unspecified atom stereocenters. The molecular weight excluding hydrogens is 154 g/mol. The van der Waals surface area contributed by atoms with Gasteiger partial charge < -0.3 is 0 Å². The number of nitrogens with zero attached hydrogens (tertiary/aromatic N) is 4. The quantitative estimate of drug-likeness (QED) is 0.539. The van der Waals surface area contributed by atoms with E-state index < -0.39 is 5.66 Å². The Labute approximate surface area is 70.0 Å². The van der Waals surface area contributed by atoms with Crippen molar-refractivity contribution in [3.05, 3.63) is 0 Å². The van der Waals surface area contributed by atoms with Crippen LogP contribution in [0, 0.1) is 0 Å². The average molecular weight is 163 g/mol. The van der Waals surface area contributed by atoms with Crippen LogP contribution in [-0.4, -0.2) is 36.9 Å². The molecule has 12 heavy (non-hydrogen) atoms. The molecule has 61 valence electrons. The first kappa shape index (κ1) is 7.30. The lowest BCUT2D eigenvalue weighted by Gasteiger charge is -2.21. The summed E-state index contributed by atoms with van der Waals surface area (Å²) in [6.07, 6.45) is 3.01. The van der Waals surface area contributed by atoms with Crippen LogP contribution < -0.4 is 10.3 Å². The van der Waals surface area contributed by atoms with Gasteiger partial charge in [-0.15, -0.1) is 4.99 Å². The third-order valence-corrected chi connectivity index (χ3v) is 2.02. The lowest BCUT2D eigenvalue weighted by Crippen LogP contribution is -2.50. The largest absolute Gasteiger partial charge is 0.341 e. The molecule has 2 aliphatic heterocycles. The molecule has 0 saturated heterocycles. The molecule has 0 spiro atoms. The lowest BCUT2D eigenvalue weighted by atomic mass is 10.1. The Hall–Kier alpha value is -1.36. The number of rotatable bonds is 1. The van der Waals surface area contributed by atoms with E-state index in [-0.39, 0.29) is 0 Å². The van der Waals surface area contributed by atoms with Crippen LogP contribution in [0.3, 0.4) is 0 Å². The molecule has 0 saturated carbocycles. The predicted molar refractivity (Wildman–Crippen MR) is 49.0 cm³/mol. The number of amidine groups is 1. The van der Waals surface area contributed by atoms with Crippen LogP contribution in [0.25, 0.3) is 0 Å². The maximum absolute atomic E-state index is 4.19. The molecule has 2 aliphatic rings. The fourth-order valence-electron chi connectivity index (χ4n) is 1.14. The molecule has 0 amide bonds. The summed E-state index contributed by atoms with van der Waals surface area (Å²) >= 11 is 0. The van der Waals surface area contributed by atoms with Crippen molar-refractivity contribution in [1.82, 2.24) is 10.3 Å². The summed E-state index contributed by atoms with van der Waals surface area (Å²) in [4.78, 5) is 16.3. The summed E-state index contributed by atoms with van der Waals surface area (Å²) in [5.41, 5.74) is 0.320. The highest BCUT2D eigenvalue weighted by Crippen LogP contribution is 2.13. The molecule has 2 rings (SSSR count). The minimum atomic E-state index is -0.465. The van der Waals surface area contributed by atoms with Crippen LogP contribution in [0.1, 0.15) is 6.92 Å². The predicted octanol–water partition coefficient (Wildman–Crippen LogP) is -0.819. The van der Waals surface area contributed by atoms with Crippen LogP contribution in [0.5, 0.6) is 0 Å². The topological polar surface area (TPSA) is 63.2 Å². The van der Waals surface area contributed by atoms with E-state index in [0.717, 1.165) is 5.71 Å². The van der Waals surface area contributed by atoms with E-state index in [1.807, 2.05) is 14.0 Å². The highest BCUT2D eigenvalue weighted by molar-refractivity contribution is 6.49. The number of hydrogen-bond donors (Lipinski definition) is 1. The molecule has 1 N–H and O–H groups in total. The van der Waals surface area contributed by atoms with Crippen LogP contribution in [0.15, 0.2) is 15.0 Å². The molecule has 0 fully saturated rings. The molecule has 0 bridgehead atoms. The normalized spacial score (nSPS) is 31.5. The Morgan fingerprint density at radius 2 is 2.33 bits per heavy atom. The number of fused-ring (bicyclic) bond motifs is 1. The van der Waals surface area contributed by atoms with Gasteiger partial charge in [0.15, 0.2) is 12.0 Å². The zero-order chi connectivity index (χ0) is 8.60. The van der Waals surface area contributed by atoms with Gasteiger partial charge in [0.1, 0.15) is 0 Å². The van der Waals surface area contributed by atoms with Gasteiger partial charge in [0.2, 0.25) is 5.71 Å². The Morgan fingerprint density at radius 1 is 1.50 bits per heavy atom. The summed E-state index contributed by atoms with van der Waals surface area (Å²) in [6.45, 7) is 1.94. The second kappa shape index (κ2) is 2.31. The van der Waals surface area contributed by atoms with Crippen molar-refractivity contribution in [2.75, 3.05) is 7.05 Å². The number of aliphatic imine (C=N–C) groups is 4. The third-order valence-electron chi connectivity index (χ3n) is 2.02. The zero-order valence-electron chi connectivity index (χ0n) is 6.94. The first-order valence-electron chi connectivity index (χ1n) is 3.68. The van der Waals surface area contributed by atoms with Crippen molar-refractivity contribution >= 4 is 24.2 Å². The summed E-state index contributed by atoms with van der Waals surface area (Å²) in [7, 11) is 1.83. The SMILES string of the molecule is CNC1(C)N=CN=C2[N+]=CN=C21. The molecule has 1 radical (unpaired) electrons. The van der Waals surface area contributed by atoms with Gasteiger partial charge >= 0.3 is 5.84 Å². The maximum Gasteiger partial charge on any atom is 0.341 e. The molecule has 1 atom stereocenters. The van der Waals surface area contributed by atoms with Crippen molar-refractivity contribution < 1.29 is 0 Å². The molecule has 2 heterocycles. The highest BCUT2D eigenvalue weighted by Gasteiger charge is 2.42. The smallest absolute Gasteiger partial charge is 0.290 e. The second-order valence-electron chi connectivity index (χ2n) is 2.74. The highest BCUT2D eigenvalue weighted by atomic mass is 15.2. The first-order chi connectivity index (χ1) is 5.76. The van der Waals surface area contributed by atoms with Crippen LogP contribution in [0.2, 0.25) is 0 Å². The van der Waals surface area contributed by atoms with Gasteiger partial charge in [-0.1, -0.05) is 9.98 Å². The van der Waals surface area contributed by atoms with E-state index in [4.69, 9.17) is 0 Å². The lowest BCUT2D eigenvalue weighted by molar-refractivity contribution is 0.543. The summed E-state index contributed by atoms with van der Waals surface area (Å²) in [5.74, 6) is 0.654. The third kappa shape index (κ3) is 0.831. The Balaban J connectivity index is 2.45. The van der Waals surface area contributed by atoms with Gasteiger partial charge in [-0.2, -0.15) is 0 Å². The fourth-order valence-corrected chi connectivity index (χ4v) is 1.14. The van der Waals surface area contributed by atoms with E-state index in [1.165, 1.54) is 12.7 Å². The zero-order valence-corrected chi connectivity index (χ0v) is 6.94. The fraction of sp³-hybridized carbons (Fsp3) is 0.429. The van der Waals surface area contributed by atoms with Crippen molar-refractivity contribution in [3.8, 4) is 0 Å². The Bertz CT molecular complexity index is 325. The van der Waals surface area contributed by atoms with E-state index >= 15 is 0 Å². The number of nitrogens with one attached hydrogen (secondary N) is 1. The van der Waals surface area contributed by atoms with E-state index in [1.54, 1.807) is 0 Å². The monoisotopic (exact) mass is 163 g/mol. The summed E-state index contributed by atoms with van der Waals surface area (Å²) in [6, 6.07) is 0. The number of hydrogen-bond acceptors (Lipinski definition) is 5. The summed E-state index contributed by atoms with van der Waals surface area (Å²) < 4.78 is 0.